The largest absolute Gasteiger partial charge is 0.377 e. The van der Waals surface area contributed by atoms with Crippen LogP contribution in [0.2, 0.25) is 0 Å². The van der Waals surface area contributed by atoms with E-state index in [1.165, 1.54) is 0 Å². The summed E-state index contributed by atoms with van der Waals surface area (Å²) in [4.78, 5) is 9.56. The van der Waals surface area contributed by atoms with Gasteiger partial charge in [0.05, 0.1) is 13.2 Å². The number of unbranched alkanes of at least 4 members (excludes halogenated alkanes) is 2. The van der Waals surface area contributed by atoms with Gasteiger partial charge in [-0.1, -0.05) is 13.3 Å². The van der Waals surface area contributed by atoms with E-state index >= 15 is 0 Å². The second-order valence-electron chi connectivity index (χ2n) is 1.92. The molecule has 0 bridgehead atoms. The zero-order chi connectivity index (χ0) is 6.95. The topological polar surface area (TPSA) is 29.6 Å². The second kappa shape index (κ2) is 7.63. The van der Waals surface area contributed by atoms with Gasteiger partial charge in [0, 0.05) is 6.42 Å². The normalized spacial score (nSPS) is 13.4. The Labute approximate surface area is 56.2 Å². The van der Waals surface area contributed by atoms with Crippen molar-refractivity contribution >= 4 is 6.29 Å². The van der Waals surface area contributed by atoms with Crippen LogP contribution < -0.4 is 0 Å². The van der Waals surface area contributed by atoms with Crippen LogP contribution in [0.5, 0.6) is 0 Å². The van der Waals surface area contributed by atoms with E-state index in [-0.39, 0.29) is 0 Å². The highest BCUT2D eigenvalue weighted by Gasteiger charge is 1.94. The molecule has 0 spiro atoms. The van der Waals surface area contributed by atoms with Crippen molar-refractivity contribution in [3.63, 3.8) is 0 Å². The van der Waals surface area contributed by atoms with E-state index in [1.54, 1.807) is 0 Å². The summed E-state index contributed by atoms with van der Waals surface area (Å²) >= 11 is 0. The van der Waals surface area contributed by atoms with Crippen LogP contribution in [0.15, 0.2) is 0 Å². The summed E-state index contributed by atoms with van der Waals surface area (Å²) in [5, 5.41) is 0. The SMILES string of the molecule is C1CO1.CCCCC=O. The third kappa shape index (κ3) is 18.4. The molecule has 0 aromatic carbocycles. The summed E-state index contributed by atoms with van der Waals surface area (Å²) in [6.07, 6.45) is 3.86. The standard InChI is InChI=1S/C5H10O.C2H4O/c1-2-3-4-5-6;1-2-3-1/h5H,2-4H2,1H3;1-2H2. The zero-order valence-electron chi connectivity index (χ0n) is 5.93. The van der Waals surface area contributed by atoms with Crippen molar-refractivity contribution < 1.29 is 9.53 Å². The molecule has 0 N–H and O–H groups in total. The lowest BCUT2D eigenvalue weighted by Crippen LogP contribution is -1.70. The van der Waals surface area contributed by atoms with Crippen molar-refractivity contribution in [2.45, 2.75) is 26.2 Å². The summed E-state index contributed by atoms with van der Waals surface area (Å²) in [6, 6.07) is 0. The van der Waals surface area contributed by atoms with Crippen LogP contribution in [-0.4, -0.2) is 19.5 Å². The van der Waals surface area contributed by atoms with Gasteiger partial charge in [0.1, 0.15) is 6.29 Å². The van der Waals surface area contributed by atoms with Gasteiger partial charge >= 0.3 is 0 Å². The van der Waals surface area contributed by atoms with Gasteiger partial charge in [0.25, 0.3) is 0 Å². The molecule has 54 valence electrons. The molecule has 1 heterocycles. The predicted molar refractivity (Wildman–Crippen MR) is 36.4 cm³/mol. The molecular weight excluding hydrogens is 116 g/mol. The molecule has 1 aliphatic rings. The predicted octanol–water partition coefficient (Wildman–Crippen LogP) is 1.39. The van der Waals surface area contributed by atoms with Crippen LogP contribution in [-0.2, 0) is 9.53 Å². The first-order valence-electron chi connectivity index (χ1n) is 3.43. The maximum atomic E-state index is 9.56. The van der Waals surface area contributed by atoms with Gasteiger partial charge in [-0.3, -0.25) is 0 Å². The van der Waals surface area contributed by atoms with E-state index in [4.69, 9.17) is 0 Å². The molecule has 0 radical (unpaired) electrons. The molecular formula is C7H14O2. The average molecular weight is 130 g/mol. The van der Waals surface area contributed by atoms with Gasteiger partial charge in [0.2, 0.25) is 0 Å². The maximum absolute atomic E-state index is 9.56. The Bertz CT molecular complexity index is 57.2. The summed E-state index contributed by atoms with van der Waals surface area (Å²) in [5.74, 6) is 0. The van der Waals surface area contributed by atoms with E-state index < -0.39 is 0 Å². The Morgan fingerprint density at radius 2 is 2.11 bits per heavy atom. The van der Waals surface area contributed by atoms with Crippen LogP contribution in [0, 0.1) is 0 Å². The van der Waals surface area contributed by atoms with Crippen molar-refractivity contribution in [3.8, 4) is 0 Å². The summed E-state index contributed by atoms with van der Waals surface area (Å²) in [7, 11) is 0. The molecule has 2 heteroatoms. The Morgan fingerprint density at radius 3 is 2.22 bits per heavy atom. The van der Waals surface area contributed by atoms with Gasteiger partial charge in [-0.2, -0.15) is 0 Å². The van der Waals surface area contributed by atoms with Crippen molar-refractivity contribution in [2.24, 2.45) is 0 Å². The monoisotopic (exact) mass is 130 g/mol. The third-order valence-electron chi connectivity index (χ3n) is 0.880. The van der Waals surface area contributed by atoms with Gasteiger partial charge in [-0.05, 0) is 6.42 Å². The smallest absolute Gasteiger partial charge is 0.119 e. The van der Waals surface area contributed by atoms with Crippen molar-refractivity contribution in [1.82, 2.24) is 0 Å². The first-order chi connectivity index (χ1) is 4.41. The number of aldehydes is 1. The van der Waals surface area contributed by atoms with Gasteiger partial charge < -0.3 is 9.53 Å². The minimum Gasteiger partial charge on any atom is -0.377 e. The molecule has 0 aromatic rings. The number of epoxide rings is 1. The van der Waals surface area contributed by atoms with Crippen molar-refractivity contribution in [1.29, 1.82) is 0 Å². The highest BCUT2D eigenvalue weighted by Crippen LogP contribution is 1.87. The first-order valence-corrected chi connectivity index (χ1v) is 3.43. The van der Waals surface area contributed by atoms with E-state index in [1.807, 2.05) is 0 Å². The van der Waals surface area contributed by atoms with Gasteiger partial charge in [-0.25, -0.2) is 0 Å². The zero-order valence-corrected chi connectivity index (χ0v) is 5.93. The Hall–Kier alpha value is -0.370. The van der Waals surface area contributed by atoms with Gasteiger partial charge in [0.15, 0.2) is 0 Å². The molecule has 0 atom stereocenters. The number of rotatable bonds is 3. The Morgan fingerprint density at radius 1 is 1.56 bits per heavy atom. The fourth-order valence-corrected chi connectivity index (χ4v) is 0.287. The van der Waals surface area contributed by atoms with Crippen LogP contribution >= 0.6 is 0 Å². The molecule has 0 aliphatic carbocycles. The quantitative estimate of drug-likeness (QED) is 0.328. The third-order valence-corrected chi connectivity index (χ3v) is 0.880. The number of hydrogen-bond donors (Lipinski definition) is 0. The summed E-state index contributed by atoms with van der Waals surface area (Å²) in [6.45, 7) is 4.07. The van der Waals surface area contributed by atoms with E-state index in [9.17, 15) is 4.79 Å². The number of ether oxygens (including phenoxy) is 1. The van der Waals surface area contributed by atoms with E-state index in [0.29, 0.717) is 0 Å². The Kier molecular flexibility index (Phi) is 7.32. The fraction of sp³-hybridized carbons (Fsp3) is 0.857. The highest BCUT2D eigenvalue weighted by molar-refractivity contribution is 5.48. The average Bonchev–Trinajstić information content (AvgIpc) is 2.67. The number of carbonyl (C=O) groups excluding carboxylic acids is 1. The second-order valence-corrected chi connectivity index (χ2v) is 1.92. The van der Waals surface area contributed by atoms with E-state index in [0.717, 1.165) is 38.8 Å². The summed E-state index contributed by atoms with van der Waals surface area (Å²) < 4.78 is 4.50. The molecule has 1 rings (SSSR count). The number of hydrogen-bond acceptors (Lipinski definition) is 2. The lowest BCUT2D eigenvalue weighted by atomic mass is 10.3. The molecule has 0 amide bonds. The molecule has 2 nitrogen and oxygen atoms in total. The highest BCUT2D eigenvalue weighted by atomic mass is 16.6. The van der Waals surface area contributed by atoms with Crippen LogP contribution in [0.4, 0.5) is 0 Å². The number of carbonyl (C=O) groups is 1. The minimum atomic E-state index is 0.733. The lowest BCUT2D eigenvalue weighted by Gasteiger charge is -1.79. The van der Waals surface area contributed by atoms with Crippen LogP contribution in [0.25, 0.3) is 0 Å². The molecule has 9 heavy (non-hydrogen) atoms. The first kappa shape index (κ1) is 8.63. The Balaban J connectivity index is 0.000000173. The fourth-order valence-electron chi connectivity index (χ4n) is 0.287. The van der Waals surface area contributed by atoms with Crippen LogP contribution in [0.1, 0.15) is 26.2 Å². The van der Waals surface area contributed by atoms with Crippen molar-refractivity contribution in [2.75, 3.05) is 13.2 Å². The van der Waals surface area contributed by atoms with Gasteiger partial charge in [-0.15, -0.1) is 0 Å². The molecule has 0 aromatic heterocycles. The molecule has 1 fully saturated rings. The maximum Gasteiger partial charge on any atom is 0.119 e. The molecule has 1 aliphatic heterocycles. The lowest BCUT2D eigenvalue weighted by molar-refractivity contribution is -0.107. The molecule has 0 unspecified atom stereocenters. The van der Waals surface area contributed by atoms with E-state index in [2.05, 4.69) is 11.7 Å². The molecule has 1 saturated heterocycles. The van der Waals surface area contributed by atoms with Crippen LogP contribution in [0.3, 0.4) is 0 Å². The summed E-state index contributed by atoms with van der Waals surface area (Å²) in [5.41, 5.74) is 0. The van der Waals surface area contributed by atoms with Crippen molar-refractivity contribution in [3.05, 3.63) is 0 Å². The minimum absolute atomic E-state index is 0.733. The molecule has 0 saturated carbocycles.